The number of hydrogen-bond acceptors (Lipinski definition) is 3. The first-order chi connectivity index (χ1) is 25.8. The zero-order valence-electron chi connectivity index (χ0n) is 28.3. The molecule has 0 saturated heterocycles. The Morgan fingerprint density at radius 3 is 1.65 bits per heavy atom. The quantitative estimate of drug-likeness (QED) is 0.184. The Hall–Kier alpha value is -7.04. The van der Waals surface area contributed by atoms with Gasteiger partial charge < -0.3 is 4.57 Å². The predicted octanol–water partition coefficient (Wildman–Crippen LogP) is 12.5. The molecule has 9 aromatic rings. The number of hydrogen-bond donors (Lipinski definition) is 0. The van der Waals surface area contributed by atoms with E-state index in [0.717, 1.165) is 50.3 Å². The first-order valence-corrected chi connectivity index (χ1v) is 17.6. The van der Waals surface area contributed by atoms with Crippen LogP contribution in [0.25, 0.3) is 72.4 Å². The summed E-state index contributed by atoms with van der Waals surface area (Å²) in [4.78, 5) is 12.3. The zero-order chi connectivity index (χ0) is 34.4. The molecule has 2 aromatic heterocycles. The third kappa shape index (κ3) is 5.09. The summed E-state index contributed by atoms with van der Waals surface area (Å²) in [5.74, 6) is 0.633. The molecule has 1 aliphatic rings. The highest BCUT2D eigenvalue weighted by Crippen LogP contribution is 2.51. The molecule has 0 amide bonds. The molecule has 52 heavy (non-hydrogen) atoms. The maximum absolute atomic E-state index is 5.16. The maximum atomic E-state index is 5.16. The van der Waals surface area contributed by atoms with Crippen LogP contribution < -0.4 is 4.90 Å². The van der Waals surface area contributed by atoms with Crippen LogP contribution in [0.4, 0.5) is 17.3 Å². The molecule has 7 aromatic carbocycles. The minimum Gasteiger partial charge on any atom is -0.317 e. The molecule has 0 N–H and O–H groups in total. The lowest BCUT2D eigenvalue weighted by molar-refractivity contribution is 1.09. The van der Waals surface area contributed by atoms with E-state index in [0.29, 0.717) is 5.95 Å². The normalized spacial score (nSPS) is 11.8. The summed E-state index contributed by atoms with van der Waals surface area (Å²) in [5, 5.41) is 1.14. The topological polar surface area (TPSA) is 34.0 Å². The lowest BCUT2D eigenvalue weighted by Crippen LogP contribution is -2.14. The Balaban J connectivity index is 1.09. The van der Waals surface area contributed by atoms with E-state index in [2.05, 4.69) is 173 Å². The lowest BCUT2D eigenvalue weighted by Gasteiger charge is -2.25. The van der Waals surface area contributed by atoms with E-state index in [-0.39, 0.29) is 0 Å². The van der Waals surface area contributed by atoms with Crippen molar-refractivity contribution < 1.29 is 0 Å². The summed E-state index contributed by atoms with van der Waals surface area (Å²) in [6.07, 6.45) is 4.03. The first kappa shape index (κ1) is 29.8. The Morgan fingerprint density at radius 1 is 0.404 bits per heavy atom. The monoisotopic (exact) mass is 664 g/mol. The van der Waals surface area contributed by atoms with E-state index in [9.17, 15) is 0 Å². The fourth-order valence-electron chi connectivity index (χ4n) is 7.52. The van der Waals surface area contributed by atoms with Gasteiger partial charge in [0.2, 0.25) is 5.95 Å². The number of anilines is 3. The summed E-state index contributed by atoms with van der Waals surface area (Å²) in [6, 6.07) is 64.6. The lowest BCUT2D eigenvalue weighted by atomic mass is 9.94. The fraction of sp³-hybridized carbons (Fsp3) is 0. The van der Waals surface area contributed by atoms with Crippen molar-refractivity contribution in [3.8, 4) is 61.5 Å². The SMILES string of the molecule is c1ccc(-c2ccc(-c3ccc(-n4ccc5cc6c(cc54)-c4ccccc4-c4ccccc4N6c4nccc(-c5ccccc5)n4)cc3)cc2)cc1. The molecular weight excluding hydrogens is 633 g/mol. The van der Waals surface area contributed by atoms with Crippen molar-refractivity contribution in [1.82, 2.24) is 14.5 Å². The van der Waals surface area contributed by atoms with Crippen LogP contribution in [0.2, 0.25) is 0 Å². The number of benzene rings is 7. The Kier molecular flexibility index (Phi) is 7.10. The van der Waals surface area contributed by atoms with Gasteiger partial charge in [-0.2, -0.15) is 0 Å². The number of nitrogens with zero attached hydrogens (tertiary/aromatic N) is 4. The molecule has 10 rings (SSSR count). The van der Waals surface area contributed by atoms with E-state index >= 15 is 0 Å². The van der Waals surface area contributed by atoms with Gasteiger partial charge in [-0.05, 0) is 75.8 Å². The third-order valence-electron chi connectivity index (χ3n) is 10.1. The van der Waals surface area contributed by atoms with Crippen LogP contribution in [-0.2, 0) is 0 Å². The van der Waals surface area contributed by atoms with Crippen molar-refractivity contribution in [2.45, 2.75) is 0 Å². The number of aromatic nitrogens is 3. The molecule has 4 nitrogen and oxygen atoms in total. The minimum absolute atomic E-state index is 0.633. The smallest absolute Gasteiger partial charge is 0.235 e. The summed E-state index contributed by atoms with van der Waals surface area (Å²) in [7, 11) is 0. The summed E-state index contributed by atoms with van der Waals surface area (Å²) in [5.41, 5.74) is 15.7. The standard InChI is InChI=1S/C48H32N4/c1-3-11-33(12-4-1)34-19-21-35(22-20-34)36-23-25-39(26-24-36)51-30-28-38-31-47-43(32-46(38)51)41-16-8-7-15-40(41)42-17-9-10-18-45(42)52(47)48-49-29-27-44(50-48)37-13-5-2-6-14-37/h1-32H. The number of fused-ring (bicyclic) bond motifs is 6. The van der Waals surface area contributed by atoms with Gasteiger partial charge in [-0.1, -0.05) is 140 Å². The molecule has 0 saturated carbocycles. The molecule has 0 spiro atoms. The number of para-hydroxylation sites is 1. The molecule has 0 aliphatic carbocycles. The van der Waals surface area contributed by atoms with E-state index in [1.807, 2.05) is 30.5 Å². The van der Waals surface area contributed by atoms with Gasteiger partial charge in [-0.25, -0.2) is 9.97 Å². The van der Waals surface area contributed by atoms with E-state index in [4.69, 9.17) is 9.97 Å². The van der Waals surface area contributed by atoms with Crippen LogP contribution in [0.15, 0.2) is 194 Å². The summed E-state index contributed by atoms with van der Waals surface area (Å²) in [6.45, 7) is 0. The van der Waals surface area contributed by atoms with Gasteiger partial charge in [0.15, 0.2) is 0 Å². The molecule has 244 valence electrons. The van der Waals surface area contributed by atoms with Crippen molar-refractivity contribution in [3.05, 3.63) is 194 Å². The van der Waals surface area contributed by atoms with Crippen molar-refractivity contribution >= 4 is 28.2 Å². The van der Waals surface area contributed by atoms with Crippen molar-refractivity contribution in [1.29, 1.82) is 0 Å². The van der Waals surface area contributed by atoms with E-state index in [1.165, 1.54) is 33.4 Å². The molecule has 1 aliphatic heterocycles. The second-order valence-electron chi connectivity index (χ2n) is 13.1. The Labute approximate surface area is 302 Å². The maximum Gasteiger partial charge on any atom is 0.235 e. The summed E-state index contributed by atoms with van der Waals surface area (Å²) >= 11 is 0. The molecule has 0 atom stereocenters. The van der Waals surface area contributed by atoms with Crippen molar-refractivity contribution in [2.24, 2.45) is 0 Å². The predicted molar refractivity (Wildman–Crippen MR) is 214 cm³/mol. The van der Waals surface area contributed by atoms with Crippen LogP contribution in [0.3, 0.4) is 0 Å². The van der Waals surface area contributed by atoms with Crippen LogP contribution in [0.5, 0.6) is 0 Å². The van der Waals surface area contributed by atoms with Gasteiger partial charge in [0, 0.05) is 40.2 Å². The first-order valence-electron chi connectivity index (χ1n) is 17.6. The largest absolute Gasteiger partial charge is 0.317 e. The van der Waals surface area contributed by atoms with Crippen LogP contribution >= 0.6 is 0 Å². The van der Waals surface area contributed by atoms with E-state index in [1.54, 1.807) is 0 Å². The Bertz CT molecular complexity index is 2710. The van der Waals surface area contributed by atoms with Gasteiger partial charge in [0.25, 0.3) is 0 Å². The van der Waals surface area contributed by atoms with Gasteiger partial charge in [-0.3, -0.25) is 4.90 Å². The van der Waals surface area contributed by atoms with Crippen LogP contribution in [0.1, 0.15) is 0 Å². The molecule has 0 unspecified atom stereocenters. The second-order valence-corrected chi connectivity index (χ2v) is 13.1. The van der Waals surface area contributed by atoms with E-state index < -0.39 is 0 Å². The highest BCUT2D eigenvalue weighted by molar-refractivity contribution is 6.05. The fourth-order valence-corrected chi connectivity index (χ4v) is 7.52. The molecule has 0 fully saturated rings. The highest BCUT2D eigenvalue weighted by Gasteiger charge is 2.28. The third-order valence-corrected chi connectivity index (χ3v) is 10.1. The van der Waals surface area contributed by atoms with Crippen LogP contribution in [0, 0.1) is 0 Å². The second kappa shape index (κ2) is 12.4. The van der Waals surface area contributed by atoms with Crippen LogP contribution in [-0.4, -0.2) is 14.5 Å². The van der Waals surface area contributed by atoms with Gasteiger partial charge in [0.05, 0.1) is 22.6 Å². The van der Waals surface area contributed by atoms with Crippen molar-refractivity contribution in [3.63, 3.8) is 0 Å². The van der Waals surface area contributed by atoms with Crippen molar-refractivity contribution in [2.75, 3.05) is 4.90 Å². The molecule has 3 heterocycles. The minimum atomic E-state index is 0.633. The molecular formula is C48H32N4. The molecule has 0 bridgehead atoms. The number of rotatable bonds is 5. The average Bonchev–Trinajstić information content (AvgIpc) is 3.60. The van der Waals surface area contributed by atoms with Gasteiger partial charge in [-0.15, -0.1) is 0 Å². The van der Waals surface area contributed by atoms with Gasteiger partial charge in [0.1, 0.15) is 0 Å². The molecule has 0 radical (unpaired) electrons. The molecule has 4 heteroatoms. The summed E-state index contributed by atoms with van der Waals surface area (Å²) < 4.78 is 2.29. The zero-order valence-corrected chi connectivity index (χ0v) is 28.3. The Morgan fingerprint density at radius 2 is 0.962 bits per heavy atom. The van der Waals surface area contributed by atoms with Gasteiger partial charge >= 0.3 is 0 Å². The highest BCUT2D eigenvalue weighted by atomic mass is 15.3. The average molecular weight is 665 g/mol.